The van der Waals surface area contributed by atoms with Gasteiger partial charge in [0.05, 0.1) is 0 Å². The van der Waals surface area contributed by atoms with Crippen LogP contribution in [0.4, 0.5) is 0 Å². The minimum atomic E-state index is -0.635. The van der Waals surface area contributed by atoms with E-state index in [1.165, 1.54) is 0 Å². The first-order valence-corrected chi connectivity index (χ1v) is 5.83. The molecule has 0 aliphatic heterocycles. The molecular formula is C13H12BrNO. The second kappa shape index (κ2) is 4.76. The van der Waals surface area contributed by atoms with E-state index in [1.54, 1.807) is 6.20 Å². The SMILES string of the molecule is Cc1ccccc1C(O)c1cccnc1Br. The number of aryl methyl sites for hydroxylation is 1. The Bertz CT molecular complexity index is 453. The molecule has 0 saturated heterocycles. The molecule has 16 heavy (non-hydrogen) atoms. The minimum Gasteiger partial charge on any atom is -0.384 e. The van der Waals surface area contributed by atoms with Crippen LogP contribution in [-0.2, 0) is 0 Å². The molecule has 1 aromatic carbocycles. The molecule has 1 atom stereocenters. The molecule has 0 saturated carbocycles. The molecule has 0 spiro atoms. The van der Waals surface area contributed by atoms with Gasteiger partial charge in [-0.1, -0.05) is 30.3 Å². The van der Waals surface area contributed by atoms with Crippen LogP contribution in [-0.4, -0.2) is 10.1 Å². The number of benzene rings is 1. The number of hydrogen-bond donors (Lipinski definition) is 1. The molecule has 1 aromatic heterocycles. The fraction of sp³-hybridized carbons (Fsp3) is 0.154. The molecular weight excluding hydrogens is 266 g/mol. The van der Waals surface area contributed by atoms with Gasteiger partial charge in [0.2, 0.25) is 0 Å². The maximum Gasteiger partial charge on any atom is 0.112 e. The van der Waals surface area contributed by atoms with Gasteiger partial charge in [-0.05, 0) is 40.0 Å². The molecule has 0 bridgehead atoms. The van der Waals surface area contributed by atoms with Crippen LogP contribution in [0.2, 0.25) is 0 Å². The zero-order valence-electron chi connectivity index (χ0n) is 8.89. The summed E-state index contributed by atoms with van der Waals surface area (Å²) in [5, 5.41) is 10.3. The summed E-state index contributed by atoms with van der Waals surface area (Å²) < 4.78 is 0.686. The van der Waals surface area contributed by atoms with Crippen molar-refractivity contribution in [2.45, 2.75) is 13.0 Å². The van der Waals surface area contributed by atoms with E-state index in [0.717, 1.165) is 16.7 Å². The quantitative estimate of drug-likeness (QED) is 0.855. The Morgan fingerprint density at radius 2 is 1.81 bits per heavy atom. The maximum atomic E-state index is 10.3. The Morgan fingerprint density at radius 3 is 2.50 bits per heavy atom. The van der Waals surface area contributed by atoms with E-state index in [-0.39, 0.29) is 0 Å². The van der Waals surface area contributed by atoms with E-state index in [4.69, 9.17) is 0 Å². The molecule has 0 fully saturated rings. The number of aromatic nitrogens is 1. The molecule has 3 heteroatoms. The summed E-state index contributed by atoms with van der Waals surface area (Å²) in [4.78, 5) is 4.11. The maximum absolute atomic E-state index is 10.3. The summed E-state index contributed by atoms with van der Waals surface area (Å²) in [6.07, 6.45) is 1.06. The van der Waals surface area contributed by atoms with E-state index in [9.17, 15) is 5.11 Å². The summed E-state index contributed by atoms with van der Waals surface area (Å²) >= 11 is 3.35. The minimum absolute atomic E-state index is 0.635. The lowest BCUT2D eigenvalue weighted by Gasteiger charge is -2.14. The average Bonchev–Trinajstić information content (AvgIpc) is 2.29. The van der Waals surface area contributed by atoms with Crippen LogP contribution < -0.4 is 0 Å². The Labute approximate surface area is 103 Å². The van der Waals surface area contributed by atoms with Crippen LogP contribution in [0, 0.1) is 6.92 Å². The molecule has 82 valence electrons. The van der Waals surface area contributed by atoms with Gasteiger partial charge in [0.15, 0.2) is 0 Å². The van der Waals surface area contributed by atoms with Gasteiger partial charge in [0.25, 0.3) is 0 Å². The zero-order chi connectivity index (χ0) is 11.5. The summed E-state index contributed by atoms with van der Waals surface area (Å²) in [5.74, 6) is 0. The van der Waals surface area contributed by atoms with Gasteiger partial charge in [0, 0.05) is 11.8 Å². The van der Waals surface area contributed by atoms with Crippen LogP contribution in [0.3, 0.4) is 0 Å². The number of hydrogen-bond acceptors (Lipinski definition) is 2. The Hall–Kier alpha value is -1.19. The first-order chi connectivity index (χ1) is 7.70. The Kier molecular flexibility index (Phi) is 3.36. The molecule has 2 nitrogen and oxygen atoms in total. The van der Waals surface area contributed by atoms with Crippen LogP contribution in [0.25, 0.3) is 0 Å². The number of aliphatic hydroxyl groups is 1. The number of rotatable bonds is 2. The van der Waals surface area contributed by atoms with Crippen LogP contribution in [0.15, 0.2) is 47.2 Å². The predicted octanol–water partition coefficient (Wildman–Crippen LogP) is 3.23. The topological polar surface area (TPSA) is 33.1 Å². The monoisotopic (exact) mass is 277 g/mol. The lowest BCUT2D eigenvalue weighted by atomic mass is 9.99. The summed E-state index contributed by atoms with van der Waals surface area (Å²) in [6, 6.07) is 11.5. The van der Waals surface area contributed by atoms with Crippen molar-refractivity contribution >= 4 is 15.9 Å². The molecule has 0 aliphatic rings. The van der Waals surface area contributed by atoms with E-state index >= 15 is 0 Å². The standard InChI is InChI=1S/C13H12BrNO/c1-9-5-2-3-6-10(9)12(16)11-7-4-8-15-13(11)14/h2-8,12,16H,1H3. The highest BCUT2D eigenvalue weighted by Gasteiger charge is 2.15. The predicted molar refractivity (Wildman–Crippen MR) is 67.2 cm³/mol. The highest BCUT2D eigenvalue weighted by molar-refractivity contribution is 9.10. The smallest absolute Gasteiger partial charge is 0.112 e. The van der Waals surface area contributed by atoms with Crippen LogP contribution in [0.1, 0.15) is 22.8 Å². The van der Waals surface area contributed by atoms with Gasteiger partial charge >= 0.3 is 0 Å². The van der Waals surface area contributed by atoms with Crippen LogP contribution in [0.5, 0.6) is 0 Å². The molecule has 0 radical (unpaired) electrons. The first kappa shape index (κ1) is 11.3. The molecule has 1 heterocycles. The lowest BCUT2D eigenvalue weighted by molar-refractivity contribution is 0.218. The van der Waals surface area contributed by atoms with Crippen molar-refractivity contribution in [1.29, 1.82) is 0 Å². The fourth-order valence-electron chi connectivity index (χ4n) is 1.66. The third kappa shape index (κ3) is 2.15. The molecule has 0 aliphatic carbocycles. The van der Waals surface area contributed by atoms with Crippen molar-refractivity contribution in [2.75, 3.05) is 0 Å². The Balaban J connectivity index is 2.44. The van der Waals surface area contributed by atoms with E-state index in [0.29, 0.717) is 4.60 Å². The summed E-state index contributed by atoms with van der Waals surface area (Å²) in [7, 11) is 0. The van der Waals surface area contributed by atoms with Gasteiger partial charge in [-0.25, -0.2) is 4.98 Å². The van der Waals surface area contributed by atoms with Gasteiger partial charge in [-0.2, -0.15) is 0 Å². The fourth-order valence-corrected chi connectivity index (χ4v) is 2.13. The zero-order valence-corrected chi connectivity index (χ0v) is 10.5. The summed E-state index contributed by atoms with van der Waals surface area (Å²) in [5.41, 5.74) is 2.78. The largest absolute Gasteiger partial charge is 0.384 e. The third-order valence-electron chi connectivity index (χ3n) is 2.57. The third-order valence-corrected chi connectivity index (χ3v) is 3.23. The van der Waals surface area contributed by atoms with Gasteiger partial charge in [-0.15, -0.1) is 0 Å². The van der Waals surface area contributed by atoms with Crippen molar-refractivity contribution in [1.82, 2.24) is 4.98 Å². The van der Waals surface area contributed by atoms with Crippen molar-refractivity contribution in [2.24, 2.45) is 0 Å². The molecule has 1 N–H and O–H groups in total. The van der Waals surface area contributed by atoms with Crippen LogP contribution >= 0.6 is 15.9 Å². The van der Waals surface area contributed by atoms with Crippen molar-refractivity contribution < 1.29 is 5.11 Å². The second-order valence-electron chi connectivity index (χ2n) is 3.64. The number of nitrogens with zero attached hydrogens (tertiary/aromatic N) is 1. The average molecular weight is 278 g/mol. The van der Waals surface area contributed by atoms with E-state index in [2.05, 4.69) is 20.9 Å². The molecule has 1 unspecified atom stereocenters. The molecule has 2 aromatic rings. The molecule has 0 amide bonds. The highest BCUT2D eigenvalue weighted by Crippen LogP contribution is 2.28. The van der Waals surface area contributed by atoms with Gasteiger partial charge < -0.3 is 5.11 Å². The van der Waals surface area contributed by atoms with E-state index in [1.807, 2.05) is 43.3 Å². The number of pyridine rings is 1. The van der Waals surface area contributed by atoms with Gasteiger partial charge in [0.1, 0.15) is 10.7 Å². The van der Waals surface area contributed by atoms with Crippen molar-refractivity contribution in [3.8, 4) is 0 Å². The Morgan fingerprint density at radius 1 is 1.12 bits per heavy atom. The summed E-state index contributed by atoms with van der Waals surface area (Å²) in [6.45, 7) is 1.99. The van der Waals surface area contributed by atoms with Crippen molar-refractivity contribution in [3.63, 3.8) is 0 Å². The highest BCUT2D eigenvalue weighted by atomic mass is 79.9. The van der Waals surface area contributed by atoms with Gasteiger partial charge in [-0.3, -0.25) is 0 Å². The molecule has 2 rings (SSSR count). The number of aliphatic hydroxyl groups excluding tert-OH is 1. The number of halogens is 1. The first-order valence-electron chi connectivity index (χ1n) is 5.04. The van der Waals surface area contributed by atoms with E-state index < -0.39 is 6.10 Å². The normalized spacial score (nSPS) is 12.4. The van der Waals surface area contributed by atoms with Crippen molar-refractivity contribution in [3.05, 3.63) is 63.9 Å². The lowest BCUT2D eigenvalue weighted by Crippen LogP contribution is -2.03. The second-order valence-corrected chi connectivity index (χ2v) is 4.39.